The van der Waals surface area contributed by atoms with E-state index in [-0.39, 0.29) is 0 Å². The van der Waals surface area contributed by atoms with Crippen molar-refractivity contribution in [2.24, 2.45) is 0 Å². The maximum absolute atomic E-state index is 10.5. The molecular weight excluding hydrogens is 146 g/mol. The molecule has 1 heterocycles. The highest BCUT2D eigenvalue weighted by Gasteiger charge is 1.98. The van der Waals surface area contributed by atoms with E-state index in [2.05, 4.69) is 10.1 Å². The second kappa shape index (κ2) is 3.65. The van der Waals surface area contributed by atoms with Gasteiger partial charge in [-0.1, -0.05) is 0 Å². The zero-order valence-corrected chi connectivity index (χ0v) is 6.16. The lowest BCUT2D eigenvalue weighted by Gasteiger charge is -1.99. The fourth-order valence-corrected chi connectivity index (χ4v) is 0.640. The largest absolute Gasteiger partial charge is 0.472 e. The van der Waals surface area contributed by atoms with E-state index in [1.165, 1.54) is 7.11 Å². The number of rotatable bonds is 2. The Morgan fingerprint density at radius 2 is 2.64 bits per heavy atom. The van der Waals surface area contributed by atoms with E-state index in [9.17, 15) is 4.79 Å². The SMILES string of the molecule is COC(=O)NCc1ccoc1. The molecule has 0 aliphatic carbocycles. The summed E-state index contributed by atoms with van der Waals surface area (Å²) in [5.41, 5.74) is 0.912. The van der Waals surface area contributed by atoms with Crippen LogP contribution in [0.4, 0.5) is 4.79 Å². The summed E-state index contributed by atoms with van der Waals surface area (Å²) in [5.74, 6) is 0. The van der Waals surface area contributed by atoms with Crippen LogP contribution in [-0.4, -0.2) is 13.2 Å². The van der Waals surface area contributed by atoms with Crippen LogP contribution in [0.2, 0.25) is 0 Å². The van der Waals surface area contributed by atoms with Crippen LogP contribution in [-0.2, 0) is 11.3 Å². The number of alkyl carbamates (subject to hydrolysis) is 1. The third-order valence-electron chi connectivity index (χ3n) is 1.20. The first-order valence-corrected chi connectivity index (χ1v) is 3.16. The normalized spacial score (nSPS) is 9.18. The lowest BCUT2D eigenvalue weighted by molar-refractivity contribution is 0.170. The molecule has 0 aromatic carbocycles. The minimum Gasteiger partial charge on any atom is -0.472 e. The highest BCUT2D eigenvalue weighted by Crippen LogP contribution is 1.98. The van der Waals surface area contributed by atoms with Gasteiger partial charge in [-0.25, -0.2) is 4.79 Å². The van der Waals surface area contributed by atoms with E-state index >= 15 is 0 Å². The molecule has 1 amide bonds. The van der Waals surface area contributed by atoms with E-state index in [1.807, 2.05) is 0 Å². The van der Waals surface area contributed by atoms with Gasteiger partial charge in [-0.2, -0.15) is 0 Å². The van der Waals surface area contributed by atoms with Crippen LogP contribution in [0, 0.1) is 0 Å². The molecule has 4 heteroatoms. The van der Waals surface area contributed by atoms with E-state index in [1.54, 1.807) is 18.6 Å². The molecule has 1 rings (SSSR count). The van der Waals surface area contributed by atoms with E-state index in [0.29, 0.717) is 6.54 Å². The van der Waals surface area contributed by atoms with Crippen LogP contribution >= 0.6 is 0 Å². The van der Waals surface area contributed by atoms with Crippen molar-refractivity contribution in [3.63, 3.8) is 0 Å². The topological polar surface area (TPSA) is 51.5 Å². The Morgan fingerprint density at radius 3 is 3.18 bits per heavy atom. The number of furan rings is 1. The van der Waals surface area contributed by atoms with E-state index in [4.69, 9.17) is 4.42 Å². The van der Waals surface area contributed by atoms with Crippen molar-refractivity contribution in [1.29, 1.82) is 0 Å². The van der Waals surface area contributed by atoms with Crippen molar-refractivity contribution in [1.82, 2.24) is 5.32 Å². The van der Waals surface area contributed by atoms with Crippen molar-refractivity contribution < 1.29 is 13.9 Å². The summed E-state index contributed by atoms with van der Waals surface area (Å²) in [5, 5.41) is 2.51. The van der Waals surface area contributed by atoms with Gasteiger partial charge in [-0.3, -0.25) is 0 Å². The van der Waals surface area contributed by atoms with E-state index < -0.39 is 6.09 Å². The first-order valence-electron chi connectivity index (χ1n) is 3.16. The van der Waals surface area contributed by atoms with Crippen LogP contribution in [0.1, 0.15) is 5.56 Å². The predicted molar refractivity (Wildman–Crippen MR) is 38.0 cm³/mol. The number of ether oxygens (including phenoxy) is 1. The summed E-state index contributed by atoms with van der Waals surface area (Å²) in [6, 6.07) is 1.77. The second-order valence-electron chi connectivity index (χ2n) is 1.98. The summed E-state index contributed by atoms with van der Waals surface area (Å²) in [4.78, 5) is 10.5. The molecule has 11 heavy (non-hydrogen) atoms. The number of amides is 1. The number of nitrogens with one attached hydrogen (secondary N) is 1. The zero-order valence-electron chi connectivity index (χ0n) is 6.16. The van der Waals surface area contributed by atoms with E-state index in [0.717, 1.165) is 5.56 Å². The molecule has 0 atom stereocenters. The molecule has 0 aliphatic rings. The molecule has 0 fully saturated rings. The monoisotopic (exact) mass is 155 g/mol. The predicted octanol–water partition coefficient (Wildman–Crippen LogP) is 1.14. The Morgan fingerprint density at radius 1 is 1.82 bits per heavy atom. The average molecular weight is 155 g/mol. The number of hydrogen-bond donors (Lipinski definition) is 1. The molecule has 0 saturated carbocycles. The van der Waals surface area contributed by atoms with Crippen molar-refractivity contribution in [2.45, 2.75) is 6.54 Å². The molecule has 0 spiro atoms. The van der Waals surface area contributed by atoms with Gasteiger partial charge in [0.25, 0.3) is 0 Å². The number of carbonyl (C=O) groups is 1. The molecule has 1 aromatic heterocycles. The Labute approximate surface area is 64.1 Å². The molecule has 1 aromatic rings. The summed E-state index contributed by atoms with van der Waals surface area (Å²) < 4.78 is 9.16. The van der Waals surface area contributed by atoms with Gasteiger partial charge >= 0.3 is 6.09 Å². The lowest BCUT2D eigenvalue weighted by Crippen LogP contribution is -2.21. The fraction of sp³-hybridized carbons (Fsp3) is 0.286. The summed E-state index contributed by atoms with van der Waals surface area (Å²) in [6.45, 7) is 0.434. The maximum Gasteiger partial charge on any atom is 0.407 e. The van der Waals surface area contributed by atoms with Crippen LogP contribution < -0.4 is 5.32 Å². The van der Waals surface area contributed by atoms with Crippen molar-refractivity contribution in [3.05, 3.63) is 24.2 Å². The quantitative estimate of drug-likeness (QED) is 0.696. The Kier molecular flexibility index (Phi) is 2.54. The van der Waals surface area contributed by atoms with Crippen LogP contribution in [0.15, 0.2) is 23.0 Å². The standard InChI is InChI=1S/C7H9NO3/c1-10-7(9)8-4-6-2-3-11-5-6/h2-3,5H,4H2,1H3,(H,8,9). The van der Waals surface area contributed by atoms with Gasteiger partial charge in [-0.05, 0) is 6.07 Å². The van der Waals surface area contributed by atoms with Gasteiger partial charge in [0.15, 0.2) is 0 Å². The summed E-state index contributed by atoms with van der Waals surface area (Å²) in [6.07, 6.45) is 2.68. The smallest absolute Gasteiger partial charge is 0.407 e. The van der Waals surface area contributed by atoms with Crippen molar-refractivity contribution in [3.8, 4) is 0 Å². The Balaban J connectivity index is 2.29. The number of methoxy groups -OCH3 is 1. The number of carbonyl (C=O) groups excluding carboxylic acids is 1. The number of hydrogen-bond acceptors (Lipinski definition) is 3. The third-order valence-corrected chi connectivity index (χ3v) is 1.20. The Bertz CT molecular complexity index is 218. The van der Waals surface area contributed by atoms with Gasteiger partial charge in [0.1, 0.15) is 0 Å². The molecule has 0 saturated heterocycles. The van der Waals surface area contributed by atoms with Gasteiger partial charge in [0.2, 0.25) is 0 Å². The van der Waals surface area contributed by atoms with Crippen molar-refractivity contribution >= 4 is 6.09 Å². The third kappa shape index (κ3) is 2.33. The second-order valence-corrected chi connectivity index (χ2v) is 1.98. The molecular formula is C7H9NO3. The van der Waals surface area contributed by atoms with Crippen LogP contribution in [0.3, 0.4) is 0 Å². The molecule has 0 unspecified atom stereocenters. The molecule has 1 N–H and O–H groups in total. The molecule has 0 aliphatic heterocycles. The van der Waals surface area contributed by atoms with Crippen LogP contribution in [0.25, 0.3) is 0 Å². The Hall–Kier alpha value is -1.45. The lowest BCUT2D eigenvalue weighted by atomic mass is 10.3. The molecule has 0 radical (unpaired) electrons. The van der Waals surface area contributed by atoms with Gasteiger partial charge in [-0.15, -0.1) is 0 Å². The average Bonchev–Trinajstić information content (AvgIpc) is 2.52. The van der Waals surface area contributed by atoms with Gasteiger partial charge in [0.05, 0.1) is 19.6 Å². The maximum atomic E-state index is 10.5. The summed E-state index contributed by atoms with van der Waals surface area (Å²) in [7, 11) is 1.32. The first kappa shape index (κ1) is 7.65. The van der Waals surface area contributed by atoms with Crippen molar-refractivity contribution in [2.75, 3.05) is 7.11 Å². The molecule has 60 valence electrons. The van der Waals surface area contributed by atoms with Gasteiger partial charge < -0.3 is 14.5 Å². The first-order chi connectivity index (χ1) is 5.33. The molecule has 4 nitrogen and oxygen atoms in total. The minimum absolute atomic E-state index is 0.434. The zero-order chi connectivity index (χ0) is 8.10. The molecule has 0 bridgehead atoms. The van der Waals surface area contributed by atoms with Crippen LogP contribution in [0.5, 0.6) is 0 Å². The summed E-state index contributed by atoms with van der Waals surface area (Å²) >= 11 is 0. The minimum atomic E-state index is -0.439. The highest BCUT2D eigenvalue weighted by molar-refractivity contribution is 5.66. The highest BCUT2D eigenvalue weighted by atomic mass is 16.5. The fourth-order valence-electron chi connectivity index (χ4n) is 0.640. The van der Waals surface area contributed by atoms with Gasteiger partial charge in [0, 0.05) is 12.1 Å².